The van der Waals surface area contributed by atoms with Crippen LogP contribution in [0.15, 0.2) is 22.3 Å². The number of carbonyl (C=O) groups is 1. The summed E-state index contributed by atoms with van der Waals surface area (Å²) in [4.78, 5) is 25.8. The standard InChI is InChI=1S/C12H15N5O4S2/c1-15(9-4-6-23(20,21)8-9)10(18)7-16-12(19)17(14-13-16)11-3-2-5-22-11/h2-3,5,9H,4,6-8H2,1H3/t9-/m0/s1. The number of rotatable bonds is 4. The zero-order chi connectivity index (χ0) is 16.6. The van der Waals surface area contributed by atoms with E-state index in [2.05, 4.69) is 10.4 Å². The van der Waals surface area contributed by atoms with Crippen molar-refractivity contribution in [2.24, 2.45) is 0 Å². The topological polar surface area (TPSA) is 107 Å². The van der Waals surface area contributed by atoms with E-state index in [1.54, 1.807) is 24.6 Å². The number of nitrogens with zero attached hydrogens (tertiary/aromatic N) is 5. The molecule has 0 saturated carbocycles. The lowest BCUT2D eigenvalue weighted by molar-refractivity contribution is -0.132. The van der Waals surface area contributed by atoms with Crippen molar-refractivity contribution < 1.29 is 13.2 Å². The third kappa shape index (κ3) is 3.20. The first-order valence-corrected chi connectivity index (χ1v) is 9.60. The number of likely N-dealkylation sites (N-methyl/N-ethyl adjacent to an activating group) is 1. The van der Waals surface area contributed by atoms with E-state index in [4.69, 9.17) is 0 Å². The molecule has 11 heteroatoms. The summed E-state index contributed by atoms with van der Waals surface area (Å²) >= 11 is 1.33. The second kappa shape index (κ2) is 5.89. The molecular weight excluding hydrogens is 342 g/mol. The molecule has 1 saturated heterocycles. The highest BCUT2D eigenvalue weighted by molar-refractivity contribution is 7.91. The molecular formula is C12H15N5O4S2. The van der Waals surface area contributed by atoms with Gasteiger partial charge in [0.15, 0.2) is 9.84 Å². The molecule has 1 aliphatic heterocycles. The Morgan fingerprint density at radius 3 is 2.87 bits per heavy atom. The average Bonchev–Trinajstić information content (AvgIpc) is 3.20. The lowest BCUT2D eigenvalue weighted by atomic mass is 10.2. The van der Waals surface area contributed by atoms with Gasteiger partial charge >= 0.3 is 5.69 Å². The van der Waals surface area contributed by atoms with Crippen molar-refractivity contribution in [3.05, 3.63) is 28.0 Å². The maximum atomic E-state index is 12.3. The second-order valence-corrected chi connectivity index (χ2v) is 8.50. The summed E-state index contributed by atoms with van der Waals surface area (Å²) in [7, 11) is -1.53. The van der Waals surface area contributed by atoms with Gasteiger partial charge in [0.05, 0.1) is 11.5 Å². The number of aromatic nitrogens is 4. The molecule has 2 aromatic rings. The van der Waals surface area contributed by atoms with Crippen molar-refractivity contribution in [1.82, 2.24) is 24.7 Å². The van der Waals surface area contributed by atoms with Crippen LogP contribution in [0.5, 0.6) is 0 Å². The van der Waals surface area contributed by atoms with Crippen molar-refractivity contribution >= 4 is 27.1 Å². The third-order valence-corrected chi connectivity index (χ3v) is 6.38. The maximum absolute atomic E-state index is 12.3. The van der Waals surface area contributed by atoms with E-state index in [1.807, 2.05) is 0 Å². The smallest absolute Gasteiger partial charge is 0.340 e. The molecule has 0 radical (unpaired) electrons. The fourth-order valence-corrected chi connectivity index (χ4v) is 4.87. The van der Waals surface area contributed by atoms with Gasteiger partial charge in [-0.05, 0) is 34.4 Å². The molecule has 1 amide bonds. The fraction of sp³-hybridized carbons (Fsp3) is 0.500. The van der Waals surface area contributed by atoms with Crippen LogP contribution in [0.1, 0.15) is 6.42 Å². The normalized spacial score (nSPS) is 19.8. The summed E-state index contributed by atoms with van der Waals surface area (Å²) in [5.74, 6) is -0.317. The first-order chi connectivity index (χ1) is 10.9. The van der Waals surface area contributed by atoms with E-state index in [-0.39, 0.29) is 30.0 Å². The van der Waals surface area contributed by atoms with Crippen LogP contribution in [0.25, 0.3) is 5.00 Å². The summed E-state index contributed by atoms with van der Waals surface area (Å²) in [5.41, 5.74) is -0.506. The van der Waals surface area contributed by atoms with Crippen LogP contribution in [0.3, 0.4) is 0 Å². The molecule has 2 aromatic heterocycles. The number of sulfone groups is 1. The monoisotopic (exact) mass is 357 g/mol. The van der Waals surface area contributed by atoms with Gasteiger partial charge in [-0.25, -0.2) is 13.2 Å². The Balaban J connectivity index is 1.73. The molecule has 0 N–H and O–H groups in total. The van der Waals surface area contributed by atoms with Gasteiger partial charge in [-0.3, -0.25) is 4.79 Å². The molecule has 0 unspecified atom stereocenters. The minimum Gasteiger partial charge on any atom is -0.340 e. The predicted octanol–water partition coefficient (Wildman–Crippen LogP) is -0.864. The van der Waals surface area contributed by atoms with Crippen LogP contribution in [0.2, 0.25) is 0 Å². The molecule has 1 fully saturated rings. The lowest BCUT2D eigenvalue weighted by Gasteiger charge is -2.22. The highest BCUT2D eigenvalue weighted by atomic mass is 32.2. The van der Waals surface area contributed by atoms with E-state index in [0.717, 1.165) is 9.36 Å². The first-order valence-electron chi connectivity index (χ1n) is 6.90. The van der Waals surface area contributed by atoms with Crippen molar-refractivity contribution in [2.75, 3.05) is 18.6 Å². The number of thiophene rings is 1. The zero-order valence-corrected chi connectivity index (χ0v) is 14.0. The molecule has 23 heavy (non-hydrogen) atoms. The molecule has 3 rings (SSSR count). The van der Waals surface area contributed by atoms with E-state index in [1.165, 1.54) is 16.2 Å². The summed E-state index contributed by atoms with van der Waals surface area (Å²) in [6.07, 6.45) is 0.418. The van der Waals surface area contributed by atoms with Gasteiger partial charge in [0.1, 0.15) is 11.5 Å². The summed E-state index contributed by atoms with van der Waals surface area (Å²) < 4.78 is 25.1. The van der Waals surface area contributed by atoms with Crippen LogP contribution in [-0.4, -0.2) is 63.6 Å². The third-order valence-electron chi connectivity index (χ3n) is 3.79. The Bertz CT molecular complexity index is 868. The molecule has 0 bridgehead atoms. The quantitative estimate of drug-likeness (QED) is 0.704. The Labute approximate surface area is 136 Å². The number of tetrazole rings is 1. The van der Waals surface area contributed by atoms with Crippen molar-refractivity contribution in [2.45, 2.75) is 19.0 Å². The van der Waals surface area contributed by atoms with Gasteiger partial charge in [-0.2, -0.15) is 9.36 Å². The lowest BCUT2D eigenvalue weighted by Crippen LogP contribution is -2.41. The number of hydrogen-bond donors (Lipinski definition) is 0. The molecule has 124 valence electrons. The van der Waals surface area contributed by atoms with E-state index in [0.29, 0.717) is 11.4 Å². The Kier molecular flexibility index (Phi) is 4.06. The van der Waals surface area contributed by atoms with Gasteiger partial charge in [-0.15, -0.1) is 11.3 Å². The molecule has 0 spiro atoms. The molecule has 3 heterocycles. The summed E-state index contributed by atoms with van der Waals surface area (Å²) in [6.45, 7) is -0.267. The van der Waals surface area contributed by atoms with Crippen molar-refractivity contribution in [1.29, 1.82) is 0 Å². The van der Waals surface area contributed by atoms with Crippen LogP contribution < -0.4 is 5.69 Å². The highest BCUT2D eigenvalue weighted by Gasteiger charge is 2.33. The van der Waals surface area contributed by atoms with Gasteiger partial charge in [0.25, 0.3) is 0 Å². The second-order valence-electron chi connectivity index (χ2n) is 5.34. The number of amides is 1. The number of carbonyl (C=O) groups excluding carboxylic acids is 1. The fourth-order valence-electron chi connectivity index (χ4n) is 2.43. The van der Waals surface area contributed by atoms with E-state index in [9.17, 15) is 18.0 Å². The van der Waals surface area contributed by atoms with Gasteiger partial charge in [-0.1, -0.05) is 0 Å². The minimum absolute atomic E-state index is 0.0357. The SMILES string of the molecule is CN(C(=O)Cn1nnn(-c2cccs2)c1=O)[C@H]1CCS(=O)(=O)C1. The summed E-state index contributed by atoms with van der Waals surface area (Å²) in [6, 6.07) is 3.16. The molecule has 9 nitrogen and oxygen atoms in total. The first kappa shape index (κ1) is 15.9. The number of hydrogen-bond acceptors (Lipinski definition) is 7. The minimum atomic E-state index is -3.07. The van der Waals surface area contributed by atoms with E-state index >= 15 is 0 Å². The van der Waals surface area contributed by atoms with Gasteiger partial charge < -0.3 is 4.90 Å². The van der Waals surface area contributed by atoms with Crippen molar-refractivity contribution in [3.8, 4) is 5.00 Å². The van der Waals surface area contributed by atoms with Crippen LogP contribution in [0.4, 0.5) is 0 Å². The highest BCUT2D eigenvalue weighted by Crippen LogP contribution is 2.16. The van der Waals surface area contributed by atoms with Gasteiger partial charge in [0, 0.05) is 13.1 Å². The summed E-state index contributed by atoms with van der Waals surface area (Å²) in [5, 5.41) is 9.88. The largest absolute Gasteiger partial charge is 0.369 e. The van der Waals surface area contributed by atoms with Crippen LogP contribution in [-0.2, 0) is 21.2 Å². The van der Waals surface area contributed by atoms with Crippen LogP contribution >= 0.6 is 11.3 Å². The Morgan fingerprint density at radius 2 is 2.26 bits per heavy atom. The van der Waals surface area contributed by atoms with Crippen molar-refractivity contribution in [3.63, 3.8) is 0 Å². The molecule has 0 aromatic carbocycles. The molecule has 1 atom stereocenters. The predicted molar refractivity (Wildman–Crippen MR) is 83.3 cm³/mol. The molecule has 0 aliphatic carbocycles. The Morgan fingerprint density at radius 1 is 1.48 bits per heavy atom. The van der Waals surface area contributed by atoms with E-state index < -0.39 is 15.5 Å². The molecule has 1 aliphatic rings. The average molecular weight is 357 g/mol. The van der Waals surface area contributed by atoms with Gasteiger partial charge in [0.2, 0.25) is 5.91 Å². The zero-order valence-electron chi connectivity index (χ0n) is 12.3. The maximum Gasteiger partial charge on any atom is 0.369 e. The van der Waals surface area contributed by atoms with Crippen LogP contribution in [0, 0.1) is 0 Å². The Hall–Kier alpha value is -2.01.